The molecule has 0 bridgehead atoms. The van der Waals surface area contributed by atoms with Crippen LogP contribution in [0.15, 0.2) is 24.3 Å². The standard InChI is InChI=1S/C18H27ClN2O.ClH/c1-3-21(13-15-5-4-6-17(19)12-15)18(22)11-14(2)16-7-9-20-10-8-16;/h4-6,12,14,16,20H,3,7-11,13H2,1-2H3;1H. The Balaban J connectivity index is 0.00000264. The third-order valence-electron chi connectivity index (χ3n) is 4.68. The molecule has 1 N–H and O–H groups in total. The lowest BCUT2D eigenvalue weighted by atomic mass is 9.84. The van der Waals surface area contributed by atoms with Crippen LogP contribution >= 0.6 is 24.0 Å². The summed E-state index contributed by atoms with van der Waals surface area (Å²) in [7, 11) is 0. The van der Waals surface area contributed by atoms with Gasteiger partial charge in [-0.2, -0.15) is 0 Å². The Bertz CT molecular complexity index is 490. The molecule has 1 unspecified atom stereocenters. The largest absolute Gasteiger partial charge is 0.339 e. The molecule has 2 rings (SSSR count). The molecular formula is C18H28Cl2N2O. The Morgan fingerprint density at radius 3 is 2.70 bits per heavy atom. The molecule has 0 radical (unpaired) electrons. The average molecular weight is 359 g/mol. The number of hydrogen-bond donors (Lipinski definition) is 1. The van der Waals surface area contributed by atoms with E-state index in [2.05, 4.69) is 12.2 Å². The van der Waals surface area contributed by atoms with Gasteiger partial charge >= 0.3 is 0 Å². The Labute approximate surface area is 151 Å². The summed E-state index contributed by atoms with van der Waals surface area (Å²) in [6.07, 6.45) is 3.03. The topological polar surface area (TPSA) is 32.3 Å². The van der Waals surface area contributed by atoms with Gasteiger partial charge in [0.1, 0.15) is 0 Å². The van der Waals surface area contributed by atoms with E-state index in [0.29, 0.717) is 24.8 Å². The first-order valence-electron chi connectivity index (χ1n) is 8.33. The summed E-state index contributed by atoms with van der Waals surface area (Å²) >= 11 is 6.03. The second kappa shape index (κ2) is 10.2. The van der Waals surface area contributed by atoms with Crippen LogP contribution in [0.1, 0.15) is 38.7 Å². The van der Waals surface area contributed by atoms with Crippen molar-refractivity contribution in [3.05, 3.63) is 34.9 Å². The summed E-state index contributed by atoms with van der Waals surface area (Å²) in [5, 5.41) is 4.11. The van der Waals surface area contributed by atoms with Crippen LogP contribution in [0.3, 0.4) is 0 Å². The Kier molecular flexibility index (Phi) is 8.96. The molecule has 1 aromatic carbocycles. The van der Waals surface area contributed by atoms with Gasteiger partial charge in [0.2, 0.25) is 5.91 Å². The van der Waals surface area contributed by atoms with Crippen LogP contribution in [0.5, 0.6) is 0 Å². The molecule has 1 heterocycles. The molecule has 0 aliphatic carbocycles. The number of halogens is 2. The van der Waals surface area contributed by atoms with Crippen LogP contribution < -0.4 is 5.32 Å². The summed E-state index contributed by atoms with van der Waals surface area (Å²) in [6.45, 7) is 7.82. The molecule has 1 aromatic rings. The van der Waals surface area contributed by atoms with Crippen molar-refractivity contribution in [1.29, 1.82) is 0 Å². The van der Waals surface area contributed by atoms with Gasteiger partial charge < -0.3 is 10.2 Å². The fourth-order valence-electron chi connectivity index (χ4n) is 3.22. The van der Waals surface area contributed by atoms with E-state index in [1.165, 1.54) is 12.8 Å². The van der Waals surface area contributed by atoms with Crippen molar-refractivity contribution in [2.75, 3.05) is 19.6 Å². The van der Waals surface area contributed by atoms with E-state index in [4.69, 9.17) is 11.6 Å². The fourth-order valence-corrected chi connectivity index (χ4v) is 3.43. The molecule has 1 saturated heterocycles. The highest BCUT2D eigenvalue weighted by Gasteiger charge is 2.24. The smallest absolute Gasteiger partial charge is 0.223 e. The van der Waals surface area contributed by atoms with Crippen molar-refractivity contribution in [3.8, 4) is 0 Å². The highest BCUT2D eigenvalue weighted by Crippen LogP contribution is 2.25. The van der Waals surface area contributed by atoms with E-state index in [1.807, 2.05) is 36.1 Å². The molecular weight excluding hydrogens is 331 g/mol. The Morgan fingerprint density at radius 1 is 1.39 bits per heavy atom. The molecule has 130 valence electrons. The normalized spacial score (nSPS) is 16.5. The van der Waals surface area contributed by atoms with Crippen LogP contribution in [-0.2, 0) is 11.3 Å². The first-order valence-corrected chi connectivity index (χ1v) is 8.71. The number of carbonyl (C=O) groups is 1. The van der Waals surface area contributed by atoms with Crippen LogP contribution in [0.25, 0.3) is 0 Å². The van der Waals surface area contributed by atoms with Gasteiger partial charge in [0.15, 0.2) is 0 Å². The quantitative estimate of drug-likeness (QED) is 0.828. The molecule has 1 amide bonds. The maximum Gasteiger partial charge on any atom is 0.223 e. The molecule has 1 atom stereocenters. The maximum absolute atomic E-state index is 12.6. The third-order valence-corrected chi connectivity index (χ3v) is 4.92. The number of amides is 1. The molecule has 1 fully saturated rings. The minimum Gasteiger partial charge on any atom is -0.339 e. The third kappa shape index (κ3) is 6.33. The Hall–Kier alpha value is -0.770. The summed E-state index contributed by atoms with van der Waals surface area (Å²) in [6, 6.07) is 7.77. The highest BCUT2D eigenvalue weighted by molar-refractivity contribution is 6.30. The number of nitrogens with one attached hydrogen (secondary N) is 1. The van der Waals surface area contributed by atoms with Crippen molar-refractivity contribution in [1.82, 2.24) is 10.2 Å². The van der Waals surface area contributed by atoms with Gasteiger partial charge in [0, 0.05) is 24.5 Å². The molecule has 5 heteroatoms. The molecule has 0 aromatic heterocycles. The van der Waals surface area contributed by atoms with Crippen molar-refractivity contribution < 1.29 is 4.79 Å². The van der Waals surface area contributed by atoms with Crippen molar-refractivity contribution >= 4 is 29.9 Å². The van der Waals surface area contributed by atoms with Gasteiger partial charge in [-0.25, -0.2) is 0 Å². The number of hydrogen-bond acceptors (Lipinski definition) is 2. The number of nitrogens with zero attached hydrogens (tertiary/aromatic N) is 1. The predicted molar refractivity (Wildman–Crippen MR) is 99.2 cm³/mol. The molecule has 3 nitrogen and oxygen atoms in total. The number of rotatable bonds is 6. The van der Waals surface area contributed by atoms with Gasteiger partial charge in [0.05, 0.1) is 0 Å². The van der Waals surface area contributed by atoms with Crippen molar-refractivity contribution in [3.63, 3.8) is 0 Å². The predicted octanol–water partition coefficient (Wildman–Crippen LogP) is 4.14. The monoisotopic (exact) mass is 358 g/mol. The van der Waals surface area contributed by atoms with E-state index in [-0.39, 0.29) is 18.3 Å². The van der Waals surface area contributed by atoms with E-state index in [0.717, 1.165) is 30.2 Å². The zero-order valence-electron chi connectivity index (χ0n) is 14.1. The minimum atomic E-state index is 0. The van der Waals surface area contributed by atoms with Crippen LogP contribution in [-0.4, -0.2) is 30.4 Å². The minimum absolute atomic E-state index is 0. The Morgan fingerprint density at radius 2 is 2.09 bits per heavy atom. The van der Waals surface area contributed by atoms with Gasteiger partial charge in [-0.1, -0.05) is 30.7 Å². The first-order chi connectivity index (χ1) is 10.6. The van der Waals surface area contributed by atoms with Crippen LogP contribution in [0.4, 0.5) is 0 Å². The van der Waals surface area contributed by atoms with E-state index < -0.39 is 0 Å². The summed E-state index contributed by atoms with van der Waals surface area (Å²) in [4.78, 5) is 14.5. The molecule has 23 heavy (non-hydrogen) atoms. The van der Waals surface area contributed by atoms with Crippen molar-refractivity contribution in [2.45, 2.75) is 39.7 Å². The second-order valence-corrected chi connectivity index (χ2v) is 6.74. The van der Waals surface area contributed by atoms with E-state index >= 15 is 0 Å². The molecule has 0 saturated carbocycles. The molecule has 1 aliphatic heterocycles. The molecule has 1 aliphatic rings. The lowest BCUT2D eigenvalue weighted by Crippen LogP contribution is -2.35. The summed E-state index contributed by atoms with van der Waals surface area (Å²) in [5.74, 6) is 1.39. The SMILES string of the molecule is CCN(Cc1cccc(Cl)c1)C(=O)CC(C)C1CCNCC1.Cl. The molecule has 0 spiro atoms. The second-order valence-electron chi connectivity index (χ2n) is 6.31. The lowest BCUT2D eigenvalue weighted by molar-refractivity contribution is -0.133. The number of carbonyl (C=O) groups excluding carboxylic acids is 1. The van der Waals surface area contributed by atoms with Crippen LogP contribution in [0.2, 0.25) is 5.02 Å². The zero-order chi connectivity index (χ0) is 15.9. The summed E-state index contributed by atoms with van der Waals surface area (Å²) in [5.41, 5.74) is 1.09. The summed E-state index contributed by atoms with van der Waals surface area (Å²) < 4.78 is 0. The average Bonchev–Trinajstić information content (AvgIpc) is 2.53. The lowest BCUT2D eigenvalue weighted by Gasteiger charge is -2.30. The first kappa shape index (κ1) is 20.3. The maximum atomic E-state index is 12.6. The van der Waals surface area contributed by atoms with Crippen molar-refractivity contribution in [2.24, 2.45) is 11.8 Å². The van der Waals surface area contributed by atoms with Gasteiger partial charge in [-0.3, -0.25) is 4.79 Å². The van der Waals surface area contributed by atoms with E-state index in [9.17, 15) is 4.79 Å². The van der Waals surface area contributed by atoms with Gasteiger partial charge in [0.25, 0.3) is 0 Å². The zero-order valence-corrected chi connectivity index (χ0v) is 15.6. The van der Waals surface area contributed by atoms with Gasteiger partial charge in [-0.05, 0) is 62.4 Å². The number of piperidine rings is 1. The van der Waals surface area contributed by atoms with E-state index in [1.54, 1.807) is 0 Å². The highest BCUT2D eigenvalue weighted by atomic mass is 35.5. The van der Waals surface area contributed by atoms with Gasteiger partial charge in [-0.15, -0.1) is 12.4 Å². The fraction of sp³-hybridized carbons (Fsp3) is 0.611. The number of benzene rings is 1. The van der Waals surface area contributed by atoms with Crippen LogP contribution in [0, 0.1) is 11.8 Å².